The number of likely N-dealkylation sites (N-methyl/N-ethyl adjacent to an activating group) is 1. The van der Waals surface area contributed by atoms with Crippen molar-refractivity contribution in [1.82, 2.24) is 5.32 Å². The highest BCUT2D eigenvalue weighted by Gasteiger charge is 2.14. The van der Waals surface area contributed by atoms with Gasteiger partial charge in [-0.15, -0.1) is 0 Å². The Labute approximate surface area is 116 Å². The number of aryl methyl sites for hydroxylation is 1. The van der Waals surface area contributed by atoms with Crippen LogP contribution < -0.4 is 5.32 Å². The van der Waals surface area contributed by atoms with E-state index >= 15 is 0 Å². The average molecular weight is 279 g/mol. The highest BCUT2D eigenvalue weighted by atomic mass is 19.1. The van der Waals surface area contributed by atoms with Gasteiger partial charge in [0.15, 0.2) is 0 Å². The Morgan fingerprint density at radius 2 is 1.75 bits per heavy atom. The van der Waals surface area contributed by atoms with Crippen LogP contribution in [0.4, 0.5) is 13.2 Å². The molecule has 0 spiro atoms. The molecule has 106 valence electrons. The molecule has 4 heteroatoms. The van der Waals surface area contributed by atoms with Gasteiger partial charge < -0.3 is 5.32 Å². The zero-order chi connectivity index (χ0) is 14.7. The minimum Gasteiger partial charge on any atom is -0.313 e. The molecule has 0 saturated carbocycles. The van der Waals surface area contributed by atoms with Crippen molar-refractivity contribution in [2.24, 2.45) is 0 Å². The molecule has 2 aromatic rings. The fraction of sp³-hybridized carbons (Fsp3) is 0.250. The standard InChI is InChI=1S/C16H16F3N/c1-10-7-12(4-6-14(10)18)16(20-2)8-11-3-5-13(17)9-15(11)19/h3-7,9,16,20H,8H2,1-2H3. The molecular weight excluding hydrogens is 263 g/mol. The lowest BCUT2D eigenvalue weighted by molar-refractivity contribution is 0.539. The lowest BCUT2D eigenvalue weighted by atomic mass is 9.97. The van der Waals surface area contributed by atoms with Crippen LogP contribution in [0.3, 0.4) is 0 Å². The zero-order valence-corrected chi connectivity index (χ0v) is 11.4. The van der Waals surface area contributed by atoms with Crippen molar-refractivity contribution in [1.29, 1.82) is 0 Å². The van der Waals surface area contributed by atoms with E-state index in [0.717, 1.165) is 11.6 Å². The highest BCUT2D eigenvalue weighted by Crippen LogP contribution is 2.22. The first-order chi connectivity index (χ1) is 9.51. The van der Waals surface area contributed by atoms with Crippen molar-refractivity contribution in [2.75, 3.05) is 7.05 Å². The minimum absolute atomic E-state index is 0.158. The maximum absolute atomic E-state index is 13.7. The fourth-order valence-corrected chi connectivity index (χ4v) is 2.18. The normalized spacial score (nSPS) is 12.4. The predicted octanol–water partition coefficient (Wildman–Crippen LogP) is 3.92. The molecule has 0 saturated heterocycles. The Hall–Kier alpha value is -1.81. The van der Waals surface area contributed by atoms with Crippen molar-refractivity contribution in [2.45, 2.75) is 19.4 Å². The molecule has 0 aliphatic carbocycles. The second kappa shape index (κ2) is 6.09. The van der Waals surface area contributed by atoms with Crippen LogP contribution in [-0.4, -0.2) is 7.05 Å². The average Bonchev–Trinajstić information content (AvgIpc) is 2.41. The Morgan fingerprint density at radius 1 is 1.00 bits per heavy atom. The van der Waals surface area contributed by atoms with Crippen LogP contribution in [0, 0.1) is 24.4 Å². The van der Waals surface area contributed by atoms with Crippen molar-refractivity contribution < 1.29 is 13.2 Å². The van der Waals surface area contributed by atoms with Crippen LogP contribution in [0.1, 0.15) is 22.7 Å². The summed E-state index contributed by atoms with van der Waals surface area (Å²) in [5, 5.41) is 3.07. The quantitative estimate of drug-likeness (QED) is 0.894. The molecular formula is C16H16F3N. The number of hydrogen-bond donors (Lipinski definition) is 1. The Balaban J connectivity index is 2.26. The first-order valence-electron chi connectivity index (χ1n) is 6.38. The van der Waals surface area contributed by atoms with Crippen LogP contribution in [0.15, 0.2) is 36.4 Å². The third-order valence-corrected chi connectivity index (χ3v) is 3.37. The van der Waals surface area contributed by atoms with Crippen LogP contribution in [0.2, 0.25) is 0 Å². The Kier molecular flexibility index (Phi) is 4.45. The molecule has 20 heavy (non-hydrogen) atoms. The molecule has 1 atom stereocenters. The molecule has 0 aromatic heterocycles. The SMILES string of the molecule is CNC(Cc1ccc(F)cc1F)c1ccc(F)c(C)c1. The van der Waals surface area contributed by atoms with Crippen molar-refractivity contribution in [3.63, 3.8) is 0 Å². The van der Waals surface area contributed by atoms with E-state index in [9.17, 15) is 13.2 Å². The monoisotopic (exact) mass is 279 g/mol. The smallest absolute Gasteiger partial charge is 0.129 e. The summed E-state index contributed by atoms with van der Waals surface area (Å²) in [6.45, 7) is 1.68. The summed E-state index contributed by atoms with van der Waals surface area (Å²) >= 11 is 0. The van der Waals surface area contributed by atoms with Gasteiger partial charge in [-0.05, 0) is 49.2 Å². The first-order valence-corrected chi connectivity index (χ1v) is 6.38. The van der Waals surface area contributed by atoms with Crippen LogP contribution >= 0.6 is 0 Å². The highest BCUT2D eigenvalue weighted by molar-refractivity contribution is 5.29. The number of rotatable bonds is 4. The summed E-state index contributed by atoms with van der Waals surface area (Å²) in [6, 6.07) is 8.19. The van der Waals surface area contributed by atoms with E-state index in [1.54, 1.807) is 26.1 Å². The summed E-state index contributed by atoms with van der Waals surface area (Å²) in [7, 11) is 1.75. The molecule has 0 amide bonds. The molecule has 0 fully saturated rings. The second-order valence-electron chi connectivity index (χ2n) is 4.79. The molecule has 1 unspecified atom stereocenters. The van der Waals surface area contributed by atoms with Gasteiger partial charge in [0.25, 0.3) is 0 Å². The largest absolute Gasteiger partial charge is 0.313 e. The second-order valence-corrected chi connectivity index (χ2v) is 4.79. The molecule has 0 heterocycles. The van der Waals surface area contributed by atoms with Gasteiger partial charge in [-0.25, -0.2) is 13.2 Å². The van der Waals surface area contributed by atoms with Gasteiger partial charge in [0, 0.05) is 12.1 Å². The lowest BCUT2D eigenvalue weighted by Gasteiger charge is -2.18. The molecule has 0 aliphatic rings. The van der Waals surface area contributed by atoms with E-state index in [1.165, 1.54) is 18.2 Å². The zero-order valence-electron chi connectivity index (χ0n) is 11.4. The van der Waals surface area contributed by atoms with Gasteiger partial charge in [-0.2, -0.15) is 0 Å². The summed E-state index contributed by atoms with van der Waals surface area (Å²) in [5.41, 5.74) is 1.84. The number of halogens is 3. The van der Waals surface area contributed by atoms with Crippen LogP contribution in [-0.2, 0) is 6.42 Å². The third-order valence-electron chi connectivity index (χ3n) is 3.37. The Morgan fingerprint density at radius 3 is 2.35 bits per heavy atom. The Bertz CT molecular complexity index is 611. The number of benzene rings is 2. The maximum Gasteiger partial charge on any atom is 0.129 e. The minimum atomic E-state index is -0.593. The molecule has 1 N–H and O–H groups in total. The molecule has 2 aromatic carbocycles. The molecule has 1 nitrogen and oxygen atoms in total. The van der Waals surface area contributed by atoms with Gasteiger partial charge >= 0.3 is 0 Å². The maximum atomic E-state index is 13.7. The first kappa shape index (κ1) is 14.6. The molecule has 0 radical (unpaired) electrons. The molecule has 0 aliphatic heterocycles. The summed E-state index contributed by atoms with van der Waals surface area (Å²) in [6.07, 6.45) is 0.369. The number of hydrogen-bond acceptors (Lipinski definition) is 1. The van der Waals surface area contributed by atoms with Crippen LogP contribution in [0.25, 0.3) is 0 Å². The van der Waals surface area contributed by atoms with Gasteiger partial charge in [-0.1, -0.05) is 18.2 Å². The van der Waals surface area contributed by atoms with E-state index in [4.69, 9.17) is 0 Å². The lowest BCUT2D eigenvalue weighted by Crippen LogP contribution is -2.19. The number of nitrogens with one attached hydrogen (secondary N) is 1. The summed E-state index contributed by atoms with van der Waals surface area (Å²) < 4.78 is 39.8. The van der Waals surface area contributed by atoms with E-state index in [0.29, 0.717) is 17.5 Å². The van der Waals surface area contributed by atoms with Gasteiger partial charge in [-0.3, -0.25) is 0 Å². The third kappa shape index (κ3) is 3.20. The van der Waals surface area contributed by atoms with Gasteiger partial charge in [0.05, 0.1) is 0 Å². The molecule has 0 bridgehead atoms. The van der Waals surface area contributed by atoms with Crippen molar-refractivity contribution in [3.8, 4) is 0 Å². The van der Waals surface area contributed by atoms with Gasteiger partial charge in [0.1, 0.15) is 17.5 Å². The van der Waals surface area contributed by atoms with Crippen molar-refractivity contribution in [3.05, 3.63) is 70.5 Å². The summed E-state index contributed by atoms with van der Waals surface area (Å²) in [5.74, 6) is -1.43. The van der Waals surface area contributed by atoms with Gasteiger partial charge in [0.2, 0.25) is 0 Å². The van der Waals surface area contributed by atoms with E-state index in [2.05, 4.69) is 5.32 Å². The van der Waals surface area contributed by atoms with Crippen LogP contribution in [0.5, 0.6) is 0 Å². The predicted molar refractivity (Wildman–Crippen MR) is 73.0 cm³/mol. The summed E-state index contributed by atoms with van der Waals surface area (Å²) in [4.78, 5) is 0. The fourth-order valence-electron chi connectivity index (χ4n) is 2.18. The van der Waals surface area contributed by atoms with Crippen molar-refractivity contribution >= 4 is 0 Å². The topological polar surface area (TPSA) is 12.0 Å². The van der Waals surface area contributed by atoms with E-state index in [1.807, 2.05) is 0 Å². The van der Waals surface area contributed by atoms with E-state index in [-0.39, 0.29) is 11.9 Å². The van der Waals surface area contributed by atoms with E-state index < -0.39 is 11.6 Å². The molecule has 2 rings (SSSR count).